The van der Waals surface area contributed by atoms with Crippen LogP contribution >= 0.6 is 0 Å². The van der Waals surface area contributed by atoms with E-state index in [4.69, 9.17) is 4.74 Å². The summed E-state index contributed by atoms with van der Waals surface area (Å²) in [6, 6.07) is 9.72. The van der Waals surface area contributed by atoms with Gasteiger partial charge in [0.05, 0.1) is 24.1 Å². The minimum atomic E-state index is -0.105. The fraction of sp³-hybridized carbons (Fsp3) is 0.278. The second kappa shape index (κ2) is 6.05. The van der Waals surface area contributed by atoms with Crippen LogP contribution in [-0.2, 0) is 4.74 Å². The van der Waals surface area contributed by atoms with Gasteiger partial charge in [0, 0.05) is 31.2 Å². The summed E-state index contributed by atoms with van der Waals surface area (Å²) >= 11 is 0. The van der Waals surface area contributed by atoms with Gasteiger partial charge in [0.1, 0.15) is 0 Å². The van der Waals surface area contributed by atoms with Crippen molar-refractivity contribution in [3.05, 3.63) is 58.6 Å². The molecule has 1 saturated heterocycles. The van der Waals surface area contributed by atoms with Crippen molar-refractivity contribution in [2.24, 2.45) is 0 Å². The zero-order valence-corrected chi connectivity index (χ0v) is 13.5. The maximum absolute atomic E-state index is 12.8. The topological polar surface area (TPSA) is 60.3 Å². The predicted molar refractivity (Wildman–Crippen MR) is 92.9 cm³/mol. The van der Waals surface area contributed by atoms with E-state index in [1.165, 1.54) is 0 Å². The molecule has 0 atom stereocenters. The van der Waals surface area contributed by atoms with Gasteiger partial charge in [-0.3, -0.25) is 9.36 Å². The first-order valence-corrected chi connectivity index (χ1v) is 8.00. The number of fused-ring (bicyclic) bond motifs is 1. The molecular weight excluding hydrogens is 304 g/mol. The molecular formula is C18H18N4O2. The number of hydrogen-bond acceptors (Lipinski definition) is 5. The summed E-state index contributed by atoms with van der Waals surface area (Å²) in [6.45, 7) is 4.90. The molecule has 0 saturated carbocycles. The molecule has 6 nitrogen and oxygen atoms in total. The highest BCUT2D eigenvalue weighted by molar-refractivity contribution is 5.78. The number of nitrogens with zero attached hydrogens (tertiary/aromatic N) is 4. The van der Waals surface area contributed by atoms with Gasteiger partial charge in [-0.15, -0.1) is 0 Å². The number of anilines is 1. The van der Waals surface area contributed by atoms with Gasteiger partial charge in [-0.05, 0) is 30.7 Å². The molecule has 0 unspecified atom stereocenters. The first-order valence-electron chi connectivity index (χ1n) is 8.00. The summed E-state index contributed by atoms with van der Waals surface area (Å²) < 4.78 is 6.98. The predicted octanol–water partition coefficient (Wildman–Crippen LogP) is 1.93. The number of aromatic nitrogens is 3. The molecule has 0 radical (unpaired) electrons. The molecule has 1 aromatic carbocycles. The van der Waals surface area contributed by atoms with Crippen molar-refractivity contribution in [3.63, 3.8) is 0 Å². The van der Waals surface area contributed by atoms with E-state index >= 15 is 0 Å². The summed E-state index contributed by atoms with van der Waals surface area (Å²) in [5.74, 6) is 0.651. The molecule has 0 N–H and O–H groups in total. The Hall–Kier alpha value is -2.73. The molecule has 0 spiro atoms. The van der Waals surface area contributed by atoms with E-state index in [0.717, 1.165) is 24.3 Å². The standard InChI is InChI=1S/C18H18N4O2/c1-13-3-2-4-14(11-13)22-6-5-16-15(17(22)23)12-19-18(20-16)21-7-9-24-10-8-21/h2-6,11-12H,7-10H2,1H3. The Morgan fingerprint density at radius 3 is 2.79 bits per heavy atom. The third kappa shape index (κ3) is 2.65. The quantitative estimate of drug-likeness (QED) is 0.721. The normalized spacial score (nSPS) is 15.0. The molecule has 1 aliphatic heterocycles. The van der Waals surface area contributed by atoms with E-state index in [1.54, 1.807) is 17.0 Å². The molecule has 4 rings (SSSR count). The number of hydrogen-bond donors (Lipinski definition) is 0. The first kappa shape index (κ1) is 14.8. The molecule has 1 fully saturated rings. The van der Waals surface area contributed by atoms with E-state index < -0.39 is 0 Å². The smallest absolute Gasteiger partial charge is 0.266 e. The molecule has 2 aromatic heterocycles. The molecule has 0 aliphatic carbocycles. The van der Waals surface area contributed by atoms with Gasteiger partial charge in [0.2, 0.25) is 5.95 Å². The Kier molecular flexibility index (Phi) is 3.74. The van der Waals surface area contributed by atoms with Crippen LogP contribution in [0.25, 0.3) is 16.6 Å². The highest BCUT2D eigenvalue weighted by atomic mass is 16.5. The summed E-state index contributed by atoms with van der Waals surface area (Å²) in [6.07, 6.45) is 3.40. The minimum Gasteiger partial charge on any atom is -0.378 e. The zero-order valence-electron chi connectivity index (χ0n) is 13.5. The SMILES string of the molecule is Cc1cccc(-n2ccc3nc(N4CCOCC4)ncc3c2=O)c1. The van der Waals surface area contributed by atoms with Gasteiger partial charge in [-0.1, -0.05) is 12.1 Å². The highest BCUT2D eigenvalue weighted by Gasteiger charge is 2.15. The van der Waals surface area contributed by atoms with Gasteiger partial charge >= 0.3 is 0 Å². The molecule has 3 heterocycles. The van der Waals surface area contributed by atoms with Crippen LogP contribution in [0.1, 0.15) is 5.56 Å². The van der Waals surface area contributed by atoms with E-state index in [9.17, 15) is 4.79 Å². The first-order chi connectivity index (χ1) is 11.7. The van der Waals surface area contributed by atoms with E-state index in [0.29, 0.717) is 30.1 Å². The lowest BCUT2D eigenvalue weighted by atomic mass is 10.2. The van der Waals surface area contributed by atoms with Crippen molar-refractivity contribution in [2.75, 3.05) is 31.2 Å². The lowest BCUT2D eigenvalue weighted by molar-refractivity contribution is 0.122. The van der Waals surface area contributed by atoms with E-state index in [-0.39, 0.29) is 5.56 Å². The van der Waals surface area contributed by atoms with Crippen LogP contribution in [0.5, 0.6) is 0 Å². The van der Waals surface area contributed by atoms with Gasteiger partial charge in [0.15, 0.2) is 0 Å². The van der Waals surface area contributed by atoms with Crippen LogP contribution in [0.15, 0.2) is 47.5 Å². The minimum absolute atomic E-state index is 0.105. The van der Waals surface area contributed by atoms with Crippen molar-refractivity contribution in [2.45, 2.75) is 6.92 Å². The van der Waals surface area contributed by atoms with Crippen molar-refractivity contribution in [3.8, 4) is 5.69 Å². The maximum atomic E-state index is 12.8. The molecule has 0 bridgehead atoms. The van der Waals surface area contributed by atoms with Gasteiger partial charge < -0.3 is 9.64 Å². The molecule has 122 valence electrons. The number of morpholine rings is 1. The lowest BCUT2D eigenvalue weighted by Gasteiger charge is -2.26. The third-order valence-electron chi connectivity index (χ3n) is 4.21. The zero-order chi connectivity index (χ0) is 16.5. The Balaban J connectivity index is 1.78. The number of benzene rings is 1. The Morgan fingerprint density at radius 1 is 1.17 bits per heavy atom. The average molecular weight is 322 g/mol. The molecule has 6 heteroatoms. The van der Waals surface area contributed by atoms with Crippen molar-refractivity contribution < 1.29 is 4.74 Å². The molecule has 24 heavy (non-hydrogen) atoms. The second-order valence-corrected chi connectivity index (χ2v) is 5.90. The highest BCUT2D eigenvalue weighted by Crippen LogP contribution is 2.15. The summed E-state index contributed by atoms with van der Waals surface area (Å²) in [5.41, 5.74) is 2.52. The number of ether oxygens (including phenoxy) is 1. The Bertz CT molecular complexity index is 945. The van der Waals surface area contributed by atoms with Crippen LogP contribution in [0.2, 0.25) is 0 Å². The van der Waals surface area contributed by atoms with Crippen LogP contribution < -0.4 is 10.5 Å². The summed E-state index contributed by atoms with van der Waals surface area (Å²) in [7, 11) is 0. The number of aryl methyl sites for hydroxylation is 1. The third-order valence-corrected chi connectivity index (χ3v) is 4.21. The molecule has 1 aliphatic rings. The van der Waals surface area contributed by atoms with Crippen LogP contribution in [0.3, 0.4) is 0 Å². The van der Waals surface area contributed by atoms with E-state index in [1.807, 2.05) is 37.3 Å². The summed E-state index contributed by atoms with van der Waals surface area (Å²) in [4.78, 5) is 23.8. The van der Waals surface area contributed by atoms with Crippen LogP contribution in [0, 0.1) is 6.92 Å². The molecule has 3 aromatic rings. The largest absolute Gasteiger partial charge is 0.378 e. The van der Waals surface area contributed by atoms with Gasteiger partial charge in [-0.25, -0.2) is 9.97 Å². The van der Waals surface area contributed by atoms with Crippen LogP contribution in [-0.4, -0.2) is 40.8 Å². The van der Waals surface area contributed by atoms with Crippen molar-refractivity contribution in [1.82, 2.24) is 14.5 Å². The number of rotatable bonds is 2. The summed E-state index contributed by atoms with van der Waals surface area (Å²) in [5, 5.41) is 0.524. The average Bonchev–Trinajstić information content (AvgIpc) is 2.62. The van der Waals surface area contributed by atoms with Crippen LogP contribution in [0.4, 0.5) is 5.95 Å². The van der Waals surface area contributed by atoms with Crippen molar-refractivity contribution in [1.29, 1.82) is 0 Å². The van der Waals surface area contributed by atoms with Crippen molar-refractivity contribution >= 4 is 16.9 Å². The maximum Gasteiger partial charge on any atom is 0.266 e. The van der Waals surface area contributed by atoms with Gasteiger partial charge in [-0.2, -0.15) is 0 Å². The molecule has 0 amide bonds. The Morgan fingerprint density at radius 2 is 2.00 bits per heavy atom. The fourth-order valence-corrected chi connectivity index (χ4v) is 2.92. The van der Waals surface area contributed by atoms with Gasteiger partial charge in [0.25, 0.3) is 5.56 Å². The Labute approximate surface area is 139 Å². The fourth-order valence-electron chi connectivity index (χ4n) is 2.92. The lowest BCUT2D eigenvalue weighted by Crippen LogP contribution is -2.37. The second-order valence-electron chi connectivity index (χ2n) is 5.90. The number of pyridine rings is 1. The monoisotopic (exact) mass is 322 g/mol. The van der Waals surface area contributed by atoms with E-state index in [2.05, 4.69) is 14.9 Å².